The Morgan fingerprint density at radius 3 is 2.05 bits per heavy atom. The number of hydrogen-bond acceptors (Lipinski definition) is 7. The van der Waals surface area contributed by atoms with E-state index in [9.17, 15) is 24.0 Å². The molecule has 3 aromatic carbocycles. The second kappa shape index (κ2) is 22.2. The average Bonchev–Trinajstić information content (AvgIpc) is 3.58. The number of amides is 3. The first kappa shape index (κ1) is 45.7. The number of carboxylic acids is 2. The Kier molecular flexibility index (Phi) is 17.5. The molecule has 4 aromatic rings. The Balaban J connectivity index is 0.00000744. The average molecular weight is 831 g/mol. The molecule has 3 amide bonds. The molecule has 13 heteroatoms. The van der Waals surface area contributed by atoms with Gasteiger partial charge in [-0.1, -0.05) is 50.2 Å². The van der Waals surface area contributed by atoms with Crippen molar-refractivity contribution in [2.75, 3.05) is 30.8 Å². The Morgan fingerprint density at radius 2 is 1.41 bits per heavy atom. The van der Waals surface area contributed by atoms with E-state index in [1.54, 1.807) is 30.1 Å². The number of carbonyl (C=O) groups is 5. The molecule has 310 valence electrons. The van der Waals surface area contributed by atoms with E-state index in [-0.39, 0.29) is 54.6 Å². The summed E-state index contributed by atoms with van der Waals surface area (Å²) >= 11 is 1.48. The maximum absolute atomic E-state index is 13.9. The number of likely N-dealkylation sites (N-methyl/N-ethyl adjacent to an activating group) is 1. The van der Waals surface area contributed by atoms with Crippen LogP contribution >= 0.6 is 23.7 Å². The molecule has 11 nitrogen and oxygen atoms in total. The van der Waals surface area contributed by atoms with Crippen molar-refractivity contribution in [3.05, 3.63) is 117 Å². The fourth-order valence-electron chi connectivity index (χ4n) is 7.38. The maximum atomic E-state index is 13.9. The molecule has 5 rings (SSSR count). The molecule has 0 saturated carbocycles. The van der Waals surface area contributed by atoms with Crippen LogP contribution in [0.4, 0.5) is 10.7 Å². The lowest BCUT2D eigenvalue weighted by Crippen LogP contribution is -2.41. The molecule has 0 radical (unpaired) electrons. The Morgan fingerprint density at radius 1 is 0.759 bits per heavy atom. The van der Waals surface area contributed by atoms with E-state index in [1.807, 2.05) is 54.6 Å². The molecule has 0 spiro atoms. The lowest BCUT2D eigenvalue weighted by molar-refractivity contribution is -0.140. The predicted octanol–water partition coefficient (Wildman–Crippen LogP) is 8.74. The molecule has 1 aliphatic rings. The summed E-state index contributed by atoms with van der Waals surface area (Å²) in [4.78, 5) is 67.4. The zero-order valence-corrected chi connectivity index (χ0v) is 35.2. The van der Waals surface area contributed by atoms with Crippen molar-refractivity contribution in [2.24, 2.45) is 0 Å². The van der Waals surface area contributed by atoms with E-state index in [2.05, 4.69) is 29.4 Å². The van der Waals surface area contributed by atoms with Crippen LogP contribution in [-0.4, -0.2) is 75.9 Å². The van der Waals surface area contributed by atoms with Gasteiger partial charge in [0.25, 0.3) is 11.8 Å². The van der Waals surface area contributed by atoms with Crippen molar-refractivity contribution in [3.8, 4) is 0 Å². The summed E-state index contributed by atoms with van der Waals surface area (Å²) in [5.41, 5.74) is 6.15. The highest BCUT2D eigenvalue weighted by atomic mass is 35.5. The highest BCUT2D eigenvalue weighted by Gasteiger charge is 2.27. The number of aromatic carboxylic acids is 1. The number of nitrogens with one attached hydrogen (secondary N) is 2. The first-order chi connectivity index (χ1) is 27.4. The SMILES string of the molecule is CCC(CC)N(CCN(C)C(=O)CCC(=O)O)Cc1cccc(C(=O)Nc2sc3c(c2C(=O)Nc2ccc(CCCc4ccc(C(=O)O)cc4)cc2)CCCC3)c1.Cl. The molecule has 1 aromatic heterocycles. The molecule has 0 atom stereocenters. The third-order valence-electron chi connectivity index (χ3n) is 10.7. The van der Waals surface area contributed by atoms with Crippen molar-refractivity contribution in [3.63, 3.8) is 0 Å². The van der Waals surface area contributed by atoms with Crippen molar-refractivity contribution >= 4 is 64.1 Å². The summed E-state index contributed by atoms with van der Waals surface area (Å²) in [6.45, 7) is 5.90. The van der Waals surface area contributed by atoms with Gasteiger partial charge in [0.15, 0.2) is 0 Å². The van der Waals surface area contributed by atoms with Gasteiger partial charge < -0.3 is 25.7 Å². The largest absolute Gasteiger partial charge is 0.481 e. The highest BCUT2D eigenvalue weighted by Crippen LogP contribution is 2.39. The number of aryl methyl sites for hydroxylation is 3. The zero-order chi connectivity index (χ0) is 40.9. The number of benzene rings is 3. The van der Waals surface area contributed by atoms with Crippen LogP contribution in [0.3, 0.4) is 0 Å². The number of thiophene rings is 1. The topological polar surface area (TPSA) is 156 Å². The first-order valence-corrected chi connectivity index (χ1v) is 20.7. The van der Waals surface area contributed by atoms with E-state index in [1.165, 1.54) is 11.3 Å². The molecular formula is C45H55ClN4O7S. The number of carbonyl (C=O) groups excluding carboxylic acids is 3. The van der Waals surface area contributed by atoms with Gasteiger partial charge in [-0.05, 0) is 116 Å². The van der Waals surface area contributed by atoms with E-state index in [4.69, 9.17) is 10.2 Å². The van der Waals surface area contributed by atoms with Crippen LogP contribution in [0, 0.1) is 0 Å². The summed E-state index contributed by atoms with van der Waals surface area (Å²) in [5, 5.41) is 24.8. The van der Waals surface area contributed by atoms with Gasteiger partial charge >= 0.3 is 11.9 Å². The molecule has 0 aliphatic heterocycles. The third kappa shape index (κ3) is 12.7. The Labute approximate surface area is 351 Å². The summed E-state index contributed by atoms with van der Waals surface area (Å²) in [5.74, 6) is -2.66. The molecule has 4 N–H and O–H groups in total. The van der Waals surface area contributed by atoms with Crippen molar-refractivity contribution in [1.29, 1.82) is 0 Å². The van der Waals surface area contributed by atoms with E-state index < -0.39 is 11.9 Å². The van der Waals surface area contributed by atoms with Gasteiger partial charge in [-0.2, -0.15) is 0 Å². The second-order valence-corrected chi connectivity index (χ2v) is 15.8. The number of fused-ring (bicyclic) bond motifs is 1. The van der Waals surface area contributed by atoms with Crippen LogP contribution in [-0.2, 0) is 41.8 Å². The van der Waals surface area contributed by atoms with Crippen LogP contribution < -0.4 is 10.6 Å². The van der Waals surface area contributed by atoms with Crippen LogP contribution in [0.15, 0.2) is 72.8 Å². The fraction of sp³-hybridized carbons (Fsp3) is 0.400. The minimum absolute atomic E-state index is 0. The Bertz CT molecular complexity index is 2030. The molecule has 0 fully saturated rings. The molecule has 1 aliphatic carbocycles. The van der Waals surface area contributed by atoms with Crippen LogP contribution in [0.25, 0.3) is 0 Å². The summed E-state index contributed by atoms with van der Waals surface area (Å²) in [7, 11) is 1.70. The molecule has 1 heterocycles. The van der Waals surface area contributed by atoms with E-state index in [0.29, 0.717) is 41.4 Å². The normalized spacial score (nSPS) is 12.1. The zero-order valence-electron chi connectivity index (χ0n) is 33.6. The first-order valence-electron chi connectivity index (χ1n) is 19.9. The number of carboxylic acid groups (broad SMARTS) is 2. The van der Waals surface area contributed by atoms with Crippen molar-refractivity contribution < 1.29 is 34.2 Å². The fourth-order valence-corrected chi connectivity index (χ4v) is 8.66. The number of nitrogens with zero attached hydrogens (tertiary/aromatic N) is 2. The minimum Gasteiger partial charge on any atom is -0.481 e. The number of rotatable bonds is 20. The predicted molar refractivity (Wildman–Crippen MR) is 232 cm³/mol. The molecule has 58 heavy (non-hydrogen) atoms. The molecule has 0 unspecified atom stereocenters. The van der Waals surface area contributed by atoms with Gasteiger partial charge in [-0.3, -0.25) is 24.1 Å². The molecular weight excluding hydrogens is 776 g/mol. The smallest absolute Gasteiger partial charge is 0.335 e. The molecule has 0 saturated heterocycles. The van der Waals surface area contributed by atoms with Crippen LogP contribution in [0.2, 0.25) is 0 Å². The number of halogens is 1. The van der Waals surface area contributed by atoms with Gasteiger partial charge in [0.05, 0.1) is 17.5 Å². The summed E-state index contributed by atoms with van der Waals surface area (Å²) in [6, 6.07) is 22.6. The van der Waals surface area contributed by atoms with Crippen LogP contribution in [0.1, 0.15) is 117 Å². The minimum atomic E-state index is -0.992. The molecule has 0 bridgehead atoms. The van der Waals surface area contributed by atoms with Crippen molar-refractivity contribution in [1.82, 2.24) is 9.80 Å². The summed E-state index contributed by atoms with van der Waals surface area (Å²) < 4.78 is 0. The highest BCUT2D eigenvalue weighted by molar-refractivity contribution is 7.17. The monoisotopic (exact) mass is 830 g/mol. The standard InChI is InChI=1S/C45H54N4O7S.ClH/c1-4-36(5-2)49(27-26-48(3)39(50)24-25-40(51)52)29-32-12-9-13-34(28-32)42(53)47-44-41(37-14-6-7-15-38(37)57-44)43(54)46-35-22-18-31(19-23-35)11-8-10-30-16-20-33(21-17-30)45(55)56;/h9,12-13,16-23,28,36H,4-8,10-11,14-15,24-27,29H2,1-3H3,(H,46,54)(H,47,53)(H,51,52)(H,55,56);1H. The quantitative estimate of drug-likeness (QED) is 0.0689. The maximum Gasteiger partial charge on any atom is 0.335 e. The van der Waals surface area contributed by atoms with Gasteiger partial charge in [-0.25, -0.2) is 4.79 Å². The van der Waals surface area contributed by atoms with Gasteiger partial charge in [0.2, 0.25) is 5.91 Å². The number of anilines is 2. The second-order valence-electron chi connectivity index (χ2n) is 14.7. The van der Waals surface area contributed by atoms with Gasteiger partial charge in [0, 0.05) is 55.3 Å². The van der Waals surface area contributed by atoms with E-state index in [0.717, 1.165) is 84.9 Å². The summed E-state index contributed by atoms with van der Waals surface area (Å²) in [6.07, 6.45) is 7.86. The van der Waals surface area contributed by atoms with Crippen molar-refractivity contribution in [2.45, 2.75) is 97.1 Å². The lowest BCUT2D eigenvalue weighted by Gasteiger charge is -2.32. The Hall–Kier alpha value is -5.04. The third-order valence-corrected chi connectivity index (χ3v) is 11.9. The lowest BCUT2D eigenvalue weighted by atomic mass is 9.95. The van der Waals surface area contributed by atoms with E-state index >= 15 is 0 Å². The number of aliphatic carboxylic acids is 1. The van der Waals surface area contributed by atoms with Gasteiger partial charge in [-0.15, -0.1) is 23.7 Å². The van der Waals surface area contributed by atoms with Crippen LogP contribution in [0.5, 0.6) is 0 Å². The van der Waals surface area contributed by atoms with Gasteiger partial charge in [0.1, 0.15) is 5.00 Å². The number of hydrogen-bond donors (Lipinski definition) is 4.